The molecule has 1 heterocycles. The lowest BCUT2D eigenvalue weighted by Crippen LogP contribution is -2.28. The molecule has 0 aliphatic heterocycles. The van der Waals surface area contributed by atoms with Crippen molar-refractivity contribution in [3.05, 3.63) is 69.5 Å². The number of benzene rings is 2. The number of anilines is 1. The van der Waals surface area contributed by atoms with Gasteiger partial charge in [0.05, 0.1) is 30.1 Å². The van der Waals surface area contributed by atoms with Gasteiger partial charge in [-0.1, -0.05) is 30.3 Å². The highest BCUT2D eigenvalue weighted by Crippen LogP contribution is 2.19. The van der Waals surface area contributed by atoms with E-state index in [1.807, 2.05) is 30.3 Å². The van der Waals surface area contributed by atoms with Gasteiger partial charge in [0.2, 0.25) is 5.95 Å². The highest BCUT2D eigenvalue weighted by Gasteiger charge is 2.16. The van der Waals surface area contributed by atoms with E-state index in [9.17, 15) is 9.59 Å². The molecule has 0 bridgehead atoms. The molecule has 128 valence electrons. The van der Waals surface area contributed by atoms with Crippen molar-refractivity contribution in [3.8, 4) is 0 Å². The van der Waals surface area contributed by atoms with E-state index in [2.05, 4.69) is 10.4 Å². The predicted molar refractivity (Wildman–Crippen MR) is 95.4 cm³/mol. The van der Waals surface area contributed by atoms with Gasteiger partial charge in [0, 0.05) is 0 Å². The molecule has 2 aromatic carbocycles. The Bertz CT molecular complexity index is 997. The smallest absolute Gasteiger partial charge is 0.338 e. The lowest BCUT2D eigenvalue weighted by Gasteiger charge is -2.14. The number of fused-ring (bicyclic) bond motifs is 1. The Morgan fingerprint density at radius 3 is 2.64 bits per heavy atom. The third kappa shape index (κ3) is 3.09. The van der Waals surface area contributed by atoms with Crippen molar-refractivity contribution in [2.75, 3.05) is 12.5 Å². The number of carbonyl (C=O) groups excluding carboxylic acids is 1. The third-order valence-electron chi connectivity index (χ3n) is 4.02. The average Bonchev–Trinajstić information content (AvgIpc) is 2.63. The number of hydrogen-bond acceptors (Lipinski definition) is 6. The topological polar surface area (TPSA) is 99.2 Å². The molecule has 0 aliphatic carbocycles. The van der Waals surface area contributed by atoms with Crippen molar-refractivity contribution in [3.63, 3.8) is 0 Å². The van der Waals surface area contributed by atoms with Crippen molar-refractivity contribution in [1.29, 1.82) is 0 Å². The number of hydrazine groups is 1. The summed E-state index contributed by atoms with van der Waals surface area (Å²) in [5, 5.41) is 0.334. The van der Waals surface area contributed by atoms with Crippen LogP contribution in [0.3, 0.4) is 0 Å². The van der Waals surface area contributed by atoms with Gasteiger partial charge in [0.25, 0.3) is 5.56 Å². The predicted octanol–water partition coefficient (Wildman–Crippen LogP) is 1.83. The Morgan fingerprint density at radius 2 is 2.00 bits per heavy atom. The minimum atomic E-state index is -0.491. The summed E-state index contributed by atoms with van der Waals surface area (Å²) in [6, 6.07) is 12.7. The van der Waals surface area contributed by atoms with Crippen LogP contribution < -0.4 is 16.8 Å². The normalized spacial score (nSPS) is 10.7. The molecular formula is C18H18N4O3. The molecule has 0 fully saturated rings. The lowest BCUT2D eigenvalue weighted by atomic mass is 10.1. The number of esters is 1. The number of ether oxygens (including phenoxy) is 1. The van der Waals surface area contributed by atoms with Gasteiger partial charge < -0.3 is 4.74 Å². The van der Waals surface area contributed by atoms with E-state index in [4.69, 9.17) is 10.6 Å². The first-order chi connectivity index (χ1) is 12.0. The van der Waals surface area contributed by atoms with Crippen LogP contribution in [0.15, 0.2) is 47.3 Å². The number of hydrogen-bond donors (Lipinski definition) is 2. The van der Waals surface area contributed by atoms with E-state index >= 15 is 0 Å². The van der Waals surface area contributed by atoms with Gasteiger partial charge in [-0.05, 0) is 30.2 Å². The first kappa shape index (κ1) is 16.7. The summed E-state index contributed by atoms with van der Waals surface area (Å²) in [4.78, 5) is 29.3. The number of aryl methyl sites for hydroxylation is 1. The van der Waals surface area contributed by atoms with Crippen LogP contribution in [0.1, 0.15) is 21.5 Å². The van der Waals surface area contributed by atoms with Crippen molar-refractivity contribution in [1.82, 2.24) is 9.55 Å². The molecule has 7 heteroatoms. The molecule has 7 nitrogen and oxygen atoms in total. The second-order valence-corrected chi connectivity index (χ2v) is 5.63. The number of nitrogens with one attached hydrogen (secondary N) is 1. The van der Waals surface area contributed by atoms with Crippen LogP contribution >= 0.6 is 0 Å². The van der Waals surface area contributed by atoms with Gasteiger partial charge >= 0.3 is 5.97 Å². The van der Waals surface area contributed by atoms with Gasteiger partial charge in [-0.15, -0.1) is 0 Å². The summed E-state index contributed by atoms with van der Waals surface area (Å²) >= 11 is 0. The molecule has 0 atom stereocenters. The molecule has 0 saturated heterocycles. The number of nitrogens with two attached hydrogens (primary N) is 1. The summed E-state index contributed by atoms with van der Waals surface area (Å²) in [5.41, 5.74) is 4.61. The lowest BCUT2D eigenvalue weighted by molar-refractivity contribution is 0.0600. The molecule has 0 spiro atoms. The van der Waals surface area contributed by atoms with Crippen molar-refractivity contribution < 1.29 is 9.53 Å². The number of nitrogens with zero attached hydrogens (tertiary/aromatic N) is 2. The van der Waals surface area contributed by atoms with E-state index < -0.39 is 5.97 Å². The van der Waals surface area contributed by atoms with Crippen LogP contribution in [-0.2, 0) is 11.3 Å². The molecule has 3 rings (SSSR count). The summed E-state index contributed by atoms with van der Waals surface area (Å²) in [7, 11) is 1.30. The second-order valence-electron chi connectivity index (χ2n) is 5.63. The maximum atomic E-state index is 13.0. The minimum absolute atomic E-state index is 0.256. The maximum Gasteiger partial charge on any atom is 0.338 e. The van der Waals surface area contributed by atoms with E-state index in [1.54, 1.807) is 13.0 Å². The fraction of sp³-hybridized carbons (Fsp3) is 0.167. The van der Waals surface area contributed by atoms with Crippen molar-refractivity contribution in [2.45, 2.75) is 13.5 Å². The van der Waals surface area contributed by atoms with Crippen molar-refractivity contribution >= 4 is 22.8 Å². The highest BCUT2D eigenvalue weighted by atomic mass is 16.5. The SMILES string of the molecule is COC(=O)c1cc2c(=O)n(Cc3ccccc3)c(NN)nc2cc1C. The fourth-order valence-electron chi connectivity index (χ4n) is 2.73. The minimum Gasteiger partial charge on any atom is -0.465 e. The quantitative estimate of drug-likeness (QED) is 0.428. The molecule has 0 saturated carbocycles. The zero-order valence-corrected chi connectivity index (χ0v) is 13.9. The summed E-state index contributed by atoms with van der Waals surface area (Å²) < 4.78 is 6.21. The zero-order chi connectivity index (χ0) is 18.0. The average molecular weight is 338 g/mol. The van der Waals surface area contributed by atoms with Gasteiger partial charge in [-0.25, -0.2) is 15.6 Å². The van der Waals surface area contributed by atoms with E-state index in [-0.39, 0.29) is 11.5 Å². The first-order valence-electron chi connectivity index (χ1n) is 7.69. The Balaban J connectivity index is 2.23. The number of aromatic nitrogens is 2. The highest BCUT2D eigenvalue weighted by molar-refractivity contribution is 5.96. The molecule has 0 aliphatic rings. The van der Waals surface area contributed by atoms with Gasteiger partial charge in [-0.3, -0.25) is 14.8 Å². The number of methoxy groups -OCH3 is 1. The van der Waals surface area contributed by atoms with Crippen LogP contribution in [0.2, 0.25) is 0 Å². The molecule has 0 amide bonds. The van der Waals surface area contributed by atoms with Crippen LogP contribution in [0.25, 0.3) is 10.9 Å². The molecular weight excluding hydrogens is 320 g/mol. The monoisotopic (exact) mass is 338 g/mol. The maximum absolute atomic E-state index is 13.0. The molecule has 0 unspecified atom stereocenters. The fourth-order valence-corrected chi connectivity index (χ4v) is 2.73. The zero-order valence-electron chi connectivity index (χ0n) is 13.9. The third-order valence-corrected chi connectivity index (χ3v) is 4.02. The Labute approximate surface area is 144 Å². The number of rotatable bonds is 4. The largest absolute Gasteiger partial charge is 0.465 e. The summed E-state index contributed by atoms with van der Waals surface area (Å²) in [5.74, 6) is 5.32. The van der Waals surface area contributed by atoms with E-state index in [0.717, 1.165) is 5.56 Å². The molecule has 3 aromatic rings. The Hall–Kier alpha value is -3.19. The summed E-state index contributed by atoms with van der Waals surface area (Å²) in [6.07, 6.45) is 0. The number of carbonyl (C=O) groups is 1. The van der Waals surface area contributed by atoms with Crippen molar-refractivity contribution in [2.24, 2.45) is 5.84 Å². The van der Waals surface area contributed by atoms with Gasteiger partial charge in [0.15, 0.2) is 0 Å². The first-order valence-corrected chi connectivity index (χ1v) is 7.69. The van der Waals surface area contributed by atoms with Crippen LogP contribution in [0.4, 0.5) is 5.95 Å². The molecule has 1 aromatic heterocycles. The standard InChI is InChI=1S/C18H18N4O3/c1-11-8-15-14(9-13(11)17(24)25-2)16(23)22(18(20-15)21-19)10-12-6-4-3-5-7-12/h3-9H,10,19H2,1-2H3,(H,20,21). The molecule has 0 radical (unpaired) electrons. The van der Waals surface area contributed by atoms with E-state index in [1.165, 1.54) is 17.7 Å². The van der Waals surface area contributed by atoms with Crippen LogP contribution in [-0.4, -0.2) is 22.6 Å². The second kappa shape index (κ2) is 6.74. The van der Waals surface area contributed by atoms with Gasteiger partial charge in [0.1, 0.15) is 0 Å². The van der Waals surface area contributed by atoms with Gasteiger partial charge in [-0.2, -0.15) is 0 Å². The molecule has 3 N–H and O–H groups in total. The summed E-state index contributed by atoms with van der Waals surface area (Å²) in [6.45, 7) is 2.07. The Morgan fingerprint density at radius 1 is 1.28 bits per heavy atom. The van der Waals surface area contributed by atoms with Crippen LogP contribution in [0, 0.1) is 6.92 Å². The Kier molecular flexibility index (Phi) is 4.49. The molecule has 25 heavy (non-hydrogen) atoms. The number of nitrogen functional groups attached to an aromatic ring is 1. The van der Waals surface area contributed by atoms with Crippen LogP contribution in [0.5, 0.6) is 0 Å². The van der Waals surface area contributed by atoms with E-state index in [0.29, 0.717) is 28.6 Å².